The van der Waals surface area contributed by atoms with E-state index in [2.05, 4.69) is 36.0 Å². The van der Waals surface area contributed by atoms with Crippen LogP contribution in [0.4, 0.5) is 5.69 Å². The van der Waals surface area contributed by atoms with Crippen LogP contribution in [0.15, 0.2) is 33.9 Å². The van der Waals surface area contributed by atoms with Gasteiger partial charge in [-0.05, 0) is 49.9 Å². The van der Waals surface area contributed by atoms with Crippen LogP contribution >= 0.6 is 27.7 Å². The summed E-state index contributed by atoms with van der Waals surface area (Å²) in [6, 6.07) is 8.21. The van der Waals surface area contributed by atoms with Crippen LogP contribution in [0.1, 0.15) is 49.9 Å². The summed E-state index contributed by atoms with van der Waals surface area (Å²) < 4.78 is 3.33. The summed E-state index contributed by atoms with van der Waals surface area (Å²) in [5.74, 6) is 2.54. The normalized spacial score (nSPS) is 17.0. The van der Waals surface area contributed by atoms with Crippen molar-refractivity contribution in [1.29, 1.82) is 0 Å². The molecule has 2 aliphatic rings. The van der Waals surface area contributed by atoms with Crippen LogP contribution in [-0.4, -0.2) is 26.4 Å². The number of nitrogens with one attached hydrogen (secondary N) is 1. The average Bonchev–Trinajstić information content (AvgIpc) is 3.49. The standard InChI is InChI=1S/C17H19BrN4OS/c18-12-3-5-13(6-4-12)19-15(23)9-10-24-17-21-20-16(11-1-2-11)22(17)14-7-8-14/h3-6,11,14H,1-2,7-10H2,(H,19,23). The van der Waals surface area contributed by atoms with Crippen LogP contribution in [0.3, 0.4) is 0 Å². The quantitative estimate of drug-likeness (QED) is 0.693. The van der Waals surface area contributed by atoms with E-state index in [0.717, 1.165) is 21.1 Å². The Morgan fingerprint density at radius 2 is 1.96 bits per heavy atom. The van der Waals surface area contributed by atoms with Gasteiger partial charge in [0, 0.05) is 34.3 Å². The van der Waals surface area contributed by atoms with Gasteiger partial charge in [0.2, 0.25) is 5.91 Å². The molecule has 0 bridgehead atoms. The summed E-state index contributed by atoms with van der Waals surface area (Å²) in [6.07, 6.45) is 5.41. The second kappa shape index (κ2) is 6.88. The predicted octanol–water partition coefficient (Wildman–Crippen LogP) is 4.37. The molecule has 1 aromatic carbocycles. The van der Waals surface area contributed by atoms with Crippen molar-refractivity contribution in [1.82, 2.24) is 14.8 Å². The van der Waals surface area contributed by atoms with E-state index in [1.54, 1.807) is 11.8 Å². The van der Waals surface area contributed by atoms with Crippen LogP contribution < -0.4 is 5.32 Å². The van der Waals surface area contributed by atoms with Crippen molar-refractivity contribution in [2.45, 2.75) is 49.2 Å². The molecule has 4 rings (SSSR count). The predicted molar refractivity (Wildman–Crippen MR) is 98.4 cm³/mol. The molecule has 1 aromatic heterocycles. The first-order chi connectivity index (χ1) is 11.7. The van der Waals surface area contributed by atoms with Gasteiger partial charge in [0.15, 0.2) is 5.16 Å². The number of carbonyl (C=O) groups is 1. The van der Waals surface area contributed by atoms with E-state index in [9.17, 15) is 4.79 Å². The Morgan fingerprint density at radius 3 is 2.62 bits per heavy atom. The maximum absolute atomic E-state index is 12.1. The lowest BCUT2D eigenvalue weighted by molar-refractivity contribution is -0.115. The number of hydrogen-bond donors (Lipinski definition) is 1. The van der Waals surface area contributed by atoms with Crippen LogP contribution in [0.5, 0.6) is 0 Å². The molecule has 0 aliphatic heterocycles. The van der Waals surface area contributed by atoms with E-state index >= 15 is 0 Å². The fraction of sp³-hybridized carbons (Fsp3) is 0.471. The number of thioether (sulfide) groups is 1. The topological polar surface area (TPSA) is 59.8 Å². The average molecular weight is 407 g/mol. The van der Waals surface area contributed by atoms with Crippen molar-refractivity contribution < 1.29 is 4.79 Å². The molecule has 24 heavy (non-hydrogen) atoms. The minimum Gasteiger partial charge on any atom is -0.326 e. The molecular formula is C17H19BrN4OS. The Morgan fingerprint density at radius 1 is 1.21 bits per heavy atom. The van der Waals surface area contributed by atoms with Gasteiger partial charge in [0.1, 0.15) is 5.82 Å². The number of anilines is 1. The summed E-state index contributed by atoms with van der Waals surface area (Å²) >= 11 is 5.03. The fourth-order valence-corrected chi connectivity index (χ4v) is 3.89. The maximum atomic E-state index is 12.1. The van der Waals surface area contributed by atoms with E-state index < -0.39 is 0 Å². The Hall–Kier alpha value is -1.34. The number of aromatic nitrogens is 3. The van der Waals surface area contributed by atoms with E-state index in [4.69, 9.17) is 0 Å². The summed E-state index contributed by atoms with van der Waals surface area (Å²) in [5, 5.41) is 12.7. The zero-order chi connectivity index (χ0) is 16.5. The van der Waals surface area contributed by atoms with Crippen molar-refractivity contribution in [2.75, 3.05) is 11.1 Å². The highest BCUT2D eigenvalue weighted by Crippen LogP contribution is 2.46. The third kappa shape index (κ3) is 3.83. The maximum Gasteiger partial charge on any atom is 0.225 e. The molecule has 2 fully saturated rings. The second-order valence-corrected chi connectivity index (χ2v) is 8.35. The van der Waals surface area contributed by atoms with Crippen LogP contribution in [0.2, 0.25) is 0 Å². The lowest BCUT2D eigenvalue weighted by atomic mass is 10.3. The molecular weight excluding hydrogens is 388 g/mol. The number of carbonyl (C=O) groups excluding carboxylic acids is 1. The van der Waals surface area contributed by atoms with Crippen molar-refractivity contribution in [3.05, 3.63) is 34.6 Å². The van der Waals surface area contributed by atoms with Gasteiger partial charge in [-0.15, -0.1) is 10.2 Å². The number of halogens is 1. The molecule has 0 saturated heterocycles. The minimum absolute atomic E-state index is 0.0322. The first kappa shape index (κ1) is 16.1. The van der Waals surface area contributed by atoms with Gasteiger partial charge in [-0.25, -0.2) is 0 Å². The Balaban J connectivity index is 1.31. The molecule has 0 radical (unpaired) electrons. The highest BCUT2D eigenvalue weighted by atomic mass is 79.9. The summed E-state index contributed by atoms with van der Waals surface area (Å²) in [6.45, 7) is 0. The Bertz CT molecular complexity index is 738. The molecule has 0 unspecified atom stereocenters. The summed E-state index contributed by atoms with van der Waals surface area (Å²) in [5.41, 5.74) is 0.824. The molecule has 2 saturated carbocycles. The van der Waals surface area contributed by atoms with E-state index in [1.165, 1.54) is 31.5 Å². The monoisotopic (exact) mass is 406 g/mol. The van der Waals surface area contributed by atoms with Crippen LogP contribution in [-0.2, 0) is 4.79 Å². The molecule has 1 amide bonds. The zero-order valence-corrected chi connectivity index (χ0v) is 15.6. The highest BCUT2D eigenvalue weighted by molar-refractivity contribution is 9.10. The number of rotatable bonds is 7. The first-order valence-corrected chi connectivity index (χ1v) is 10.1. The molecule has 1 heterocycles. The van der Waals surface area contributed by atoms with Crippen molar-refractivity contribution in [3.8, 4) is 0 Å². The first-order valence-electron chi connectivity index (χ1n) is 8.34. The van der Waals surface area contributed by atoms with Gasteiger partial charge in [0.25, 0.3) is 0 Å². The van der Waals surface area contributed by atoms with Gasteiger partial charge >= 0.3 is 0 Å². The van der Waals surface area contributed by atoms with Crippen LogP contribution in [0.25, 0.3) is 0 Å². The van der Waals surface area contributed by atoms with Crippen molar-refractivity contribution >= 4 is 39.3 Å². The third-order valence-corrected chi connectivity index (χ3v) is 5.71. The SMILES string of the molecule is O=C(CCSc1nnc(C2CC2)n1C1CC1)Nc1ccc(Br)cc1. The van der Waals surface area contributed by atoms with Gasteiger partial charge in [-0.1, -0.05) is 27.7 Å². The highest BCUT2D eigenvalue weighted by Gasteiger charge is 2.36. The zero-order valence-electron chi connectivity index (χ0n) is 13.2. The second-order valence-electron chi connectivity index (χ2n) is 6.37. The third-order valence-electron chi connectivity index (χ3n) is 4.23. The molecule has 2 aliphatic carbocycles. The lowest BCUT2D eigenvalue weighted by Gasteiger charge is -2.08. The van der Waals surface area contributed by atoms with Gasteiger partial charge in [0.05, 0.1) is 0 Å². The molecule has 2 aromatic rings. The largest absolute Gasteiger partial charge is 0.326 e. The van der Waals surface area contributed by atoms with E-state index in [0.29, 0.717) is 18.4 Å². The van der Waals surface area contributed by atoms with Gasteiger partial charge in [-0.3, -0.25) is 4.79 Å². The van der Waals surface area contributed by atoms with Gasteiger partial charge < -0.3 is 9.88 Å². The molecule has 0 atom stereocenters. The molecule has 0 spiro atoms. The van der Waals surface area contributed by atoms with Gasteiger partial charge in [-0.2, -0.15) is 0 Å². The van der Waals surface area contributed by atoms with Crippen LogP contribution in [0, 0.1) is 0 Å². The number of benzene rings is 1. The molecule has 126 valence electrons. The van der Waals surface area contributed by atoms with Crippen molar-refractivity contribution in [3.63, 3.8) is 0 Å². The van der Waals surface area contributed by atoms with Crippen molar-refractivity contribution in [2.24, 2.45) is 0 Å². The smallest absolute Gasteiger partial charge is 0.225 e. The summed E-state index contributed by atoms with van der Waals surface area (Å²) in [7, 11) is 0. The fourth-order valence-electron chi connectivity index (χ4n) is 2.67. The minimum atomic E-state index is 0.0322. The molecule has 7 heteroatoms. The number of hydrogen-bond acceptors (Lipinski definition) is 4. The molecule has 1 N–H and O–H groups in total. The van der Waals surface area contributed by atoms with E-state index in [-0.39, 0.29) is 5.91 Å². The summed E-state index contributed by atoms with van der Waals surface area (Å²) in [4.78, 5) is 12.1. The number of nitrogens with zero attached hydrogens (tertiary/aromatic N) is 3. The number of amides is 1. The lowest BCUT2D eigenvalue weighted by Crippen LogP contribution is -2.12. The Kier molecular flexibility index (Phi) is 4.63. The Labute approximate surface area is 153 Å². The molecule has 5 nitrogen and oxygen atoms in total. The van der Waals surface area contributed by atoms with E-state index in [1.807, 2.05) is 24.3 Å².